The molecule has 0 bridgehead atoms. The van der Waals surface area contributed by atoms with E-state index in [1.165, 1.54) is 6.34 Å². The van der Waals surface area contributed by atoms with Gasteiger partial charge in [0.25, 0.3) is 0 Å². The second-order valence-corrected chi connectivity index (χ2v) is 2.45. The standard InChI is InChI=1S/C8H12N4O/c1-12(6-9)7-2-4-8(5-3-7)13-11-10/h2-6,9,11H,10H2,1H3. The number of benzene rings is 1. The molecule has 1 rings (SSSR count). The van der Waals surface area contributed by atoms with Crippen molar-refractivity contribution < 1.29 is 4.84 Å². The molecule has 13 heavy (non-hydrogen) atoms. The topological polar surface area (TPSA) is 74.4 Å². The van der Waals surface area contributed by atoms with Gasteiger partial charge in [0.05, 0.1) is 6.34 Å². The van der Waals surface area contributed by atoms with Crippen molar-refractivity contribution in [3.8, 4) is 5.75 Å². The summed E-state index contributed by atoms with van der Waals surface area (Å²) in [6.45, 7) is 0. The Labute approximate surface area is 76.5 Å². The van der Waals surface area contributed by atoms with Crippen LogP contribution < -0.4 is 21.2 Å². The molecule has 70 valence electrons. The lowest BCUT2D eigenvalue weighted by molar-refractivity contribution is 0.199. The molecule has 0 saturated carbocycles. The molecule has 0 fully saturated rings. The molecule has 0 aliphatic heterocycles. The summed E-state index contributed by atoms with van der Waals surface area (Å²) in [5, 5.41) is 7.02. The van der Waals surface area contributed by atoms with E-state index in [2.05, 4.69) is 5.59 Å². The molecule has 0 heterocycles. The normalized spacial score (nSPS) is 9.38. The van der Waals surface area contributed by atoms with Gasteiger partial charge in [-0.05, 0) is 24.3 Å². The van der Waals surface area contributed by atoms with Crippen LogP contribution in [-0.2, 0) is 0 Å². The predicted molar refractivity (Wildman–Crippen MR) is 51.6 cm³/mol. The van der Waals surface area contributed by atoms with E-state index in [4.69, 9.17) is 16.1 Å². The first kappa shape index (κ1) is 9.50. The minimum atomic E-state index is 0.629. The molecule has 1 aromatic carbocycles. The van der Waals surface area contributed by atoms with Gasteiger partial charge in [-0.25, -0.2) is 5.84 Å². The van der Waals surface area contributed by atoms with Gasteiger partial charge < -0.3 is 9.74 Å². The van der Waals surface area contributed by atoms with Gasteiger partial charge in [0.15, 0.2) is 0 Å². The molecule has 5 heteroatoms. The van der Waals surface area contributed by atoms with Gasteiger partial charge in [-0.2, -0.15) is 0 Å². The summed E-state index contributed by atoms with van der Waals surface area (Å²) in [6.07, 6.45) is 1.23. The van der Waals surface area contributed by atoms with Crippen molar-refractivity contribution >= 4 is 12.0 Å². The molecule has 5 nitrogen and oxygen atoms in total. The van der Waals surface area contributed by atoms with Gasteiger partial charge in [-0.15, -0.1) is 0 Å². The lowest BCUT2D eigenvalue weighted by Gasteiger charge is -2.12. The number of hydrazine groups is 1. The lowest BCUT2D eigenvalue weighted by atomic mass is 10.3. The number of nitrogens with two attached hydrogens (primary N) is 1. The van der Waals surface area contributed by atoms with Crippen LogP contribution in [-0.4, -0.2) is 13.4 Å². The van der Waals surface area contributed by atoms with Gasteiger partial charge in [-0.1, -0.05) is 5.59 Å². The monoisotopic (exact) mass is 180 g/mol. The highest BCUT2D eigenvalue weighted by Crippen LogP contribution is 2.16. The molecule has 4 N–H and O–H groups in total. The molecule has 0 amide bonds. The summed E-state index contributed by atoms with van der Waals surface area (Å²) >= 11 is 0. The van der Waals surface area contributed by atoms with Crippen LogP contribution in [0.25, 0.3) is 0 Å². The highest BCUT2D eigenvalue weighted by molar-refractivity contribution is 5.76. The third kappa shape index (κ3) is 2.43. The van der Waals surface area contributed by atoms with Gasteiger partial charge in [0, 0.05) is 12.7 Å². The number of nitrogens with one attached hydrogen (secondary N) is 2. The molecule has 0 aliphatic rings. The Bertz CT molecular complexity index is 272. The Morgan fingerprint density at radius 2 is 2.08 bits per heavy atom. The Hall–Kier alpha value is -1.59. The van der Waals surface area contributed by atoms with Crippen LogP contribution >= 0.6 is 0 Å². The SMILES string of the molecule is CN(C=N)c1ccc(ONN)cc1. The fourth-order valence-corrected chi connectivity index (χ4v) is 0.892. The molecule has 0 saturated heterocycles. The third-order valence-corrected chi connectivity index (χ3v) is 1.61. The van der Waals surface area contributed by atoms with Crippen molar-refractivity contribution in [1.29, 1.82) is 5.41 Å². The van der Waals surface area contributed by atoms with E-state index in [1.54, 1.807) is 24.1 Å². The van der Waals surface area contributed by atoms with E-state index in [0.717, 1.165) is 5.69 Å². The maximum absolute atomic E-state index is 7.02. The fraction of sp³-hybridized carbons (Fsp3) is 0.125. The van der Waals surface area contributed by atoms with E-state index >= 15 is 0 Å². The van der Waals surface area contributed by atoms with Crippen LogP contribution in [0.3, 0.4) is 0 Å². The van der Waals surface area contributed by atoms with Crippen LogP contribution in [0, 0.1) is 5.41 Å². The minimum absolute atomic E-state index is 0.629. The zero-order chi connectivity index (χ0) is 9.68. The van der Waals surface area contributed by atoms with E-state index in [-0.39, 0.29) is 0 Å². The zero-order valence-corrected chi connectivity index (χ0v) is 7.32. The van der Waals surface area contributed by atoms with Crippen LogP contribution in [0.15, 0.2) is 24.3 Å². The van der Waals surface area contributed by atoms with Crippen molar-refractivity contribution in [2.45, 2.75) is 0 Å². The minimum Gasteiger partial charge on any atom is -0.394 e. The number of hydrogen-bond acceptors (Lipinski definition) is 4. The van der Waals surface area contributed by atoms with Crippen molar-refractivity contribution in [1.82, 2.24) is 5.59 Å². The molecule has 1 aromatic rings. The molecular formula is C8H12N4O. The molecular weight excluding hydrogens is 168 g/mol. The van der Waals surface area contributed by atoms with Crippen molar-refractivity contribution in [3.05, 3.63) is 24.3 Å². The second-order valence-electron chi connectivity index (χ2n) is 2.45. The van der Waals surface area contributed by atoms with E-state index in [1.807, 2.05) is 12.1 Å². The van der Waals surface area contributed by atoms with Crippen molar-refractivity contribution in [2.75, 3.05) is 11.9 Å². The van der Waals surface area contributed by atoms with Gasteiger partial charge in [0.2, 0.25) is 0 Å². The quantitative estimate of drug-likeness (QED) is 0.273. The Balaban J connectivity index is 2.74. The van der Waals surface area contributed by atoms with Gasteiger partial charge in [0.1, 0.15) is 5.75 Å². The summed E-state index contributed by atoms with van der Waals surface area (Å²) < 4.78 is 0. The second kappa shape index (κ2) is 4.44. The molecule has 0 atom stereocenters. The summed E-state index contributed by atoms with van der Waals surface area (Å²) in [5.41, 5.74) is 3.00. The van der Waals surface area contributed by atoms with E-state index in [9.17, 15) is 0 Å². The maximum Gasteiger partial charge on any atom is 0.149 e. The highest BCUT2D eigenvalue weighted by atomic mass is 16.7. The number of hydrogen-bond donors (Lipinski definition) is 3. The summed E-state index contributed by atoms with van der Waals surface area (Å²) in [5.74, 6) is 5.60. The Morgan fingerprint density at radius 1 is 1.46 bits per heavy atom. The molecule has 0 aromatic heterocycles. The van der Waals surface area contributed by atoms with Crippen LogP contribution in [0.5, 0.6) is 5.75 Å². The molecule has 0 aliphatic carbocycles. The van der Waals surface area contributed by atoms with Crippen molar-refractivity contribution in [3.63, 3.8) is 0 Å². The average molecular weight is 180 g/mol. The number of nitrogens with zero attached hydrogens (tertiary/aromatic N) is 1. The van der Waals surface area contributed by atoms with Crippen molar-refractivity contribution in [2.24, 2.45) is 5.84 Å². The summed E-state index contributed by atoms with van der Waals surface area (Å²) in [4.78, 5) is 6.51. The first-order valence-corrected chi connectivity index (χ1v) is 3.74. The Kier molecular flexibility index (Phi) is 3.24. The maximum atomic E-state index is 7.02. The highest BCUT2D eigenvalue weighted by Gasteiger charge is 1.97. The largest absolute Gasteiger partial charge is 0.394 e. The molecule has 0 unspecified atom stereocenters. The smallest absolute Gasteiger partial charge is 0.149 e. The first-order chi connectivity index (χ1) is 6.27. The summed E-state index contributed by atoms with van der Waals surface area (Å²) in [7, 11) is 1.80. The third-order valence-electron chi connectivity index (χ3n) is 1.61. The predicted octanol–water partition coefficient (Wildman–Crippen LogP) is 0.487. The number of anilines is 1. The van der Waals surface area contributed by atoms with E-state index < -0.39 is 0 Å². The lowest BCUT2D eigenvalue weighted by Crippen LogP contribution is -2.25. The first-order valence-electron chi connectivity index (χ1n) is 3.74. The van der Waals surface area contributed by atoms with Crippen LogP contribution in [0.4, 0.5) is 5.69 Å². The Morgan fingerprint density at radius 3 is 2.54 bits per heavy atom. The van der Waals surface area contributed by atoms with Gasteiger partial charge >= 0.3 is 0 Å². The average Bonchev–Trinajstić information content (AvgIpc) is 2.18. The zero-order valence-electron chi connectivity index (χ0n) is 7.32. The van der Waals surface area contributed by atoms with E-state index in [0.29, 0.717) is 5.75 Å². The summed E-state index contributed by atoms with van der Waals surface area (Å²) in [6, 6.07) is 7.18. The van der Waals surface area contributed by atoms with Crippen LogP contribution in [0.1, 0.15) is 0 Å². The van der Waals surface area contributed by atoms with Gasteiger partial charge in [-0.3, -0.25) is 5.41 Å². The fourth-order valence-electron chi connectivity index (χ4n) is 0.892. The molecule has 0 radical (unpaired) electrons. The molecule has 0 spiro atoms. The number of rotatable bonds is 4. The van der Waals surface area contributed by atoms with Crippen LogP contribution in [0.2, 0.25) is 0 Å².